The molecule has 0 aromatic rings. The SMILES string of the molecule is C=CCCOCCNC(=O)NC(C)(C(=O)O)C(F)(F)F. The van der Waals surface area contributed by atoms with Crippen LogP contribution in [0.4, 0.5) is 18.0 Å². The highest BCUT2D eigenvalue weighted by Gasteiger charge is 2.58. The summed E-state index contributed by atoms with van der Waals surface area (Å²) in [4.78, 5) is 21.9. The van der Waals surface area contributed by atoms with Crippen LogP contribution in [-0.2, 0) is 9.53 Å². The first-order chi connectivity index (χ1) is 9.15. The Morgan fingerprint density at radius 3 is 2.40 bits per heavy atom. The summed E-state index contributed by atoms with van der Waals surface area (Å²) in [6.07, 6.45) is -2.88. The second kappa shape index (κ2) is 7.73. The van der Waals surface area contributed by atoms with Gasteiger partial charge in [0.05, 0.1) is 13.2 Å². The number of urea groups is 1. The molecule has 0 bridgehead atoms. The molecule has 2 amide bonds. The molecule has 6 nitrogen and oxygen atoms in total. The number of halogens is 3. The minimum absolute atomic E-state index is 0.0451. The lowest BCUT2D eigenvalue weighted by Gasteiger charge is -2.28. The van der Waals surface area contributed by atoms with Crippen LogP contribution in [0, 0.1) is 0 Å². The van der Waals surface area contributed by atoms with Crippen molar-refractivity contribution in [3.63, 3.8) is 0 Å². The summed E-state index contributed by atoms with van der Waals surface area (Å²) in [5, 5.41) is 12.1. The fraction of sp³-hybridized carbons (Fsp3) is 0.636. The van der Waals surface area contributed by atoms with E-state index in [9.17, 15) is 22.8 Å². The molecule has 0 heterocycles. The van der Waals surface area contributed by atoms with Crippen molar-refractivity contribution in [3.8, 4) is 0 Å². The number of aliphatic carboxylic acids is 1. The number of carboxylic acid groups (broad SMARTS) is 1. The molecule has 3 N–H and O–H groups in total. The number of nitrogens with one attached hydrogen (secondary N) is 2. The molecule has 1 unspecified atom stereocenters. The summed E-state index contributed by atoms with van der Waals surface area (Å²) in [6, 6.07) is -1.24. The zero-order chi connectivity index (χ0) is 15.8. The summed E-state index contributed by atoms with van der Waals surface area (Å²) in [5.74, 6) is -2.19. The first-order valence-electron chi connectivity index (χ1n) is 5.70. The first kappa shape index (κ1) is 18.2. The maximum Gasteiger partial charge on any atom is 0.422 e. The summed E-state index contributed by atoms with van der Waals surface area (Å²) < 4.78 is 42.8. The van der Waals surface area contributed by atoms with Gasteiger partial charge in [-0.1, -0.05) is 6.08 Å². The molecule has 0 aliphatic rings. The Kier molecular flexibility index (Phi) is 7.05. The highest BCUT2D eigenvalue weighted by Crippen LogP contribution is 2.30. The molecule has 116 valence electrons. The van der Waals surface area contributed by atoms with E-state index in [0.717, 1.165) is 0 Å². The van der Waals surface area contributed by atoms with Gasteiger partial charge in [-0.2, -0.15) is 13.2 Å². The third-order valence-corrected chi connectivity index (χ3v) is 2.36. The maximum atomic E-state index is 12.6. The topological polar surface area (TPSA) is 87.7 Å². The summed E-state index contributed by atoms with van der Waals surface area (Å²) >= 11 is 0. The number of amides is 2. The monoisotopic (exact) mass is 298 g/mol. The maximum absolute atomic E-state index is 12.6. The van der Waals surface area contributed by atoms with Gasteiger partial charge in [0.15, 0.2) is 0 Å². The fourth-order valence-corrected chi connectivity index (χ4v) is 1.02. The molecule has 0 spiro atoms. The first-order valence-corrected chi connectivity index (χ1v) is 5.70. The Morgan fingerprint density at radius 2 is 1.95 bits per heavy atom. The van der Waals surface area contributed by atoms with Gasteiger partial charge < -0.3 is 20.5 Å². The predicted octanol–water partition coefficient (Wildman–Crippen LogP) is 1.28. The number of carbonyl (C=O) groups excluding carboxylic acids is 1. The van der Waals surface area contributed by atoms with Crippen LogP contribution in [0.2, 0.25) is 0 Å². The molecule has 0 aromatic carbocycles. The number of carbonyl (C=O) groups is 2. The second-order valence-corrected chi connectivity index (χ2v) is 4.00. The van der Waals surface area contributed by atoms with Crippen molar-refractivity contribution >= 4 is 12.0 Å². The molecule has 9 heteroatoms. The Labute approximate surface area is 114 Å². The van der Waals surface area contributed by atoms with E-state index in [1.807, 2.05) is 0 Å². The summed E-state index contributed by atoms with van der Waals surface area (Å²) in [6.45, 7) is 4.26. The van der Waals surface area contributed by atoms with E-state index >= 15 is 0 Å². The molecular weight excluding hydrogens is 281 g/mol. The van der Waals surface area contributed by atoms with Crippen molar-refractivity contribution in [1.29, 1.82) is 0 Å². The zero-order valence-corrected chi connectivity index (χ0v) is 10.9. The normalized spacial score (nSPS) is 14.2. The standard InChI is InChI=1S/C11H17F3N2O4/c1-3-4-6-20-7-5-15-9(19)16-10(2,8(17)18)11(12,13)14/h3H,1,4-7H2,2H3,(H,17,18)(H2,15,16,19). The lowest BCUT2D eigenvalue weighted by atomic mass is 10.0. The Bertz CT molecular complexity index is 360. The molecule has 0 radical (unpaired) electrons. The van der Waals surface area contributed by atoms with Gasteiger partial charge in [-0.25, -0.2) is 9.59 Å². The Hall–Kier alpha value is -1.77. The number of carboxylic acids is 1. The van der Waals surface area contributed by atoms with Gasteiger partial charge in [-0.3, -0.25) is 0 Å². The van der Waals surface area contributed by atoms with Gasteiger partial charge in [0.1, 0.15) is 0 Å². The molecule has 0 aliphatic heterocycles. The second-order valence-electron chi connectivity index (χ2n) is 4.00. The van der Waals surface area contributed by atoms with Crippen molar-refractivity contribution in [2.75, 3.05) is 19.8 Å². The molecule has 0 fully saturated rings. The third kappa shape index (κ3) is 5.47. The van der Waals surface area contributed by atoms with E-state index < -0.39 is 23.7 Å². The van der Waals surface area contributed by atoms with Gasteiger partial charge in [0.25, 0.3) is 0 Å². The van der Waals surface area contributed by atoms with Gasteiger partial charge in [0.2, 0.25) is 5.54 Å². The average Bonchev–Trinajstić information content (AvgIpc) is 2.31. The van der Waals surface area contributed by atoms with Crippen molar-refractivity contribution in [3.05, 3.63) is 12.7 Å². The average molecular weight is 298 g/mol. The van der Waals surface area contributed by atoms with Crippen molar-refractivity contribution in [2.24, 2.45) is 0 Å². The van der Waals surface area contributed by atoms with Gasteiger partial charge in [-0.05, 0) is 13.3 Å². The van der Waals surface area contributed by atoms with Crippen LogP contribution in [0.15, 0.2) is 12.7 Å². The molecular formula is C11H17F3N2O4. The minimum Gasteiger partial charge on any atom is -0.479 e. The lowest BCUT2D eigenvalue weighted by Crippen LogP contribution is -2.63. The van der Waals surface area contributed by atoms with Crippen molar-refractivity contribution in [2.45, 2.75) is 25.1 Å². The molecule has 0 aromatic heterocycles. The molecule has 0 saturated heterocycles. The number of hydrogen-bond acceptors (Lipinski definition) is 3. The van der Waals surface area contributed by atoms with E-state index in [0.29, 0.717) is 20.0 Å². The van der Waals surface area contributed by atoms with Gasteiger partial charge in [-0.15, -0.1) is 6.58 Å². The van der Waals surface area contributed by atoms with Crippen LogP contribution >= 0.6 is 0 Å². The molecule has 0 aliphatic carbocycles. The molecule has 0 rings (SSSR count). The highest BCUT2D eigenvalue weighted by atomic mass is 19.4. The predicted molar refractivity (Wildman–Crippen MR) is 64.3 cm³/mol. The molecule has 0 saturated carbocycles. The van der Waals surface area contributed by atoms with E-state index in [1.54, 1.807) is 6.08 Å². The summed E-state index contributed by atoms with van der Waals surface area (Å²) in [5.41, 5.74) is -3.35. The molecule has 20 heavy (non-hydrogen) atoms. The van der Waals surface area contributed by atoms with Crippen LogP contribution in [-0.4, -0.2) is 48.6 Å². The largest absolute Gasteiger partial charge is 0.479 e. The van der Waals surface area contributed by atoms with Crippen LogP contribution in [0.25, 0.3) is 0 Å². The number of ether oxygens (including phenoxy) is 1. The number of hydrogen-bond donors (Lipinski definition) is 3. The highest BCUT2D eigenvalue weighted by molar-refractivity contribution is 5.86. The quantitative estimate of drug-likeness (QED) is 0.465. The Morgan fingerprint density at radius 1 is 1.35 bits per heavy atom. The third-order valence-electron chi connectivity index (χ3n) is 2.36. The molecule has 1 atom stereocenters. The fourth-order valence-electron chi connectivity index (χ4n) is 1.02. The Balaban J connectivity index is 4.23. The van der Waals surface area contributed by atoms with Crippen molar-refractivity contribution < 1.29 is 32.6 Å². The van der Waals surface area contributed by atoms with Crippen LogP contribution < -0.4 is 10.6 Å². The van der Waals surface area contributed by atoms with E-state index in [-0.39, 0.29) is 13.2 Å². The summed E-state index contributed by atoms with van der Waals surface area (Å²) in [7, 11) is 0. The number of alkyl halides is 3. The van der Waals surface area contributed by atoms with E-state index in [1.165, 1.54) is 5.32 Å². The van der Waals surface area contributed by atoms with Crippen LogP contribution in [0.1, 0.15) is 13.3 Å². The van der Waals surface area contributed by atoms with Gasteiger partial charge >= 0.3 is 18.2 Å². The van der Waals surface area contributed by atoms with Crippen molar-refractivity contribution in [1.82, 2.24) is 10.6 Å². The van der Waals surface area contributed by atoms with E-state index in [4.69, 9.17) is 9.84 Å². The van der Waals surface area contributed by atoms with Crippen LogP contribution in [0.3, 0.4) is 0 Å². The van der Waals surface area contributed by atoms with E-state index in [2.05, 4.69) is 11.9 Å². The zero-order valence-electron chi connectivity index (χ0n) is 10.9. The van der Waals surface area contributed by atoms with Crippen LogP contribution in [0.5, 0.6) is 0 Å². The van der Waals surface area contributed by atoms with Gasteiger partial charge in [0, 0.05) is 6.54 Å². The lowest BCUT2D eigenvalue weighted by molar-refractivity contribution is -0.203. The number of rotatable bonds is 8. The minimum atomic E-state index is -5.11. The smallest absolute Gasteiger partial charge is 0.422 e.